The van der Waals surface area contributed by atoms with Gasteiger partial charge in [0.25, 0.3) is 0 Å². The maximum atomic E-state index is 12.2. The molecule has 3 aliphatic rings. The molecule has 1 saturated carbocycles. The molecule has 3 unspecified atom stereocenters. The second kappa shape index (κ2) is 5.72. The van der Waals surface area contributed by atoms with E-state index in [4.69, 9.17) is 0 Å². The maximum Gasteiger partial charge on any atom is 0.243 e. The molecule has 0 saturated heterocycles. The second-order valence-electron chi connectivity index (χ2n) is 7.43. The lowest BCUT2D eigenvalue weighted by Gasteiger charge is -2.26. The number of carbonyl (C=O) groups is 2. The van der Waals surface area contributed by atoms with E-state index in [2.05, 4.69) is 23.5 Å². The third kappa shape index (κ3) is 2.43. The zero-order valence-corrected chi connectivity index (χ0v) is 14.2. The van der Waals surface area contributed by atoms with E-state index >= 15 is 0 Å². The number of amides is 2. The van der Waals surface area contributed by atoms with Gasteiger partial charge in [0, 0.05) is 31.0 Å². The molecular formula is C19H23N3O2. The van der Waals surface area contributed by atoms with Crippen LogP contribution in [-0.2, 0) is 16.0 Å². The Balaban J connectivity index is 1.73. The molecule has 24 heavy (non-hydrogen) atoms. The Hall–Kier alpha value is -2.17. The number of hydrazone groups is 1. The highest BCUT2D eigenvalue weighted by Crippen LogP contribution is 2.38. The van der Waals surface area contributed by atoms with Gasteiger partial charge in [0.15, 0.2) is 0 Å². The summed E-state index contributed by atoms with van der Waals surface area (Å²) in [4.78, 5) is 26.0. The van der Waals surface area contributed by atoms with E-state index < -0.39 is 0 Å². The van der Waals surface area contributed by atoms with Crippen LogP contribution < -0.4 is 10.3 Å². The Morgan fingerprint density at radius 2 is 1.96 bits per heavy atom. The molecule has 1 aromatic carbocycles. The molecule has 1 fully saturated rings. The normalized spacial score (nSPS) is 29.5. The van der Waals surface area contributed by atoms with Gasteiger partial charge >= 0.3 is 0 Å². The Bertz CT molecular complexity index is 740. The molecule has 5 nitrogen and oxygen atoms in total. The van der Waals surface area contributed by atoms with Gasteiger partial charge in [0.05, 0.1) is 5.71 Å². The second-order valence-corrected chi connectivity index (χ2v) is 7.43. The topological polar surface area (TPSA) is 61.8 Å². The van der Waals surface area contributed by atoms with Crippen LogP contribution in [0.25, 0.3) is 0 Å². The number of fused-ring (bicyclic) bond motifs is 2. The monoisotopic (exact) mass is 325 g/mol. The van der Waals surface area contributed by atoms with Crippen LogP contribution in [0.4, 0.5) is 5.69 Å². The Morgan fingerprint density at radius 3 is 2.79 bits per heavy atom. The fourth-order valence-corrected chi connectivity index (χ4v) is 4.41. The van der Waals surface area contributed by atoms with Gasteiger partial charge in [-0.05, 0) is 48.4 Å². The van der Waals surface area contributed by atoms with Crippen molar-refractivity contribution < 1.29 is 9.59 Å². The van der Waals surface area contributed by atoms with E-state index in [0.29, 0.717) is 12.3 Å². The van der Waals surface area contributed by atoms with Gasteiger partial charge in [0.2, 0.25) is 11.8 Å². The standard InChI is InChI=1S/C19H23N3O2/c1-11-8-13-10-12(6-7-16(13)22(2)17(23)9-11)18-14-4-3-5-15(14)19(24)21-20-18/h6-7,10-11,14-15H,3-5,8-9H2,1-2H3,(H,21,24). The fourth-order valence-electron chi connectivity index (χ4n) is 4.41. The van der Waals surface area contributed by atoms with Gasteiger partial charge in [-0.25, -0.2) is 5.43 Å². The molecule has 1 aliphatic carbocycles. The zero-order valence-electron chi connectivity index (χ0n) is 14.2. The Morgan fingerprint density at radius 1 is 1.17 bits per heavy atom. The number of anilines is 1. The number of nitrogens with zero attached hydrogens (tertiary/aromatic N) is 2. The first-order chi connectivity index (χ1) is 11.5. The Kier molecular flexibility index (Phi) is 3.66. The molecule has 0 bridgehead atoms. The average molecular weight is 325 g/mol. The van der Waals surface area contributed by atoms with Crippen LogP contribution in [0.1, 0.15) is 43.7 Å². The molecular weight excluding hydrogens is 302 g/mol. The first-order valence-electron chi connectivity index (χ1n) is 8.82. The van der Waals surface area contributed by atoms with Gasteiger partial charge < -0.3 is 4.90 Å². The largest absolute Gasteiger partial charge is 0.315 e. The fraction of sp³-hybridized carbons (Fsp3) is 0.526. The lowest BCUT2D eigenvalue weighted by Crippen LogP contribution is -2.39. The minimum atomic E-state index is 0.0648. The molecule has 1 N–H and O–H groups in total. The predicted molar refractivity (Wildman–Crippen MR) is 92.8 cm³/mol. The van der Waals surface area contributed by atoms with Crippen LogP contribution in [0.5, 0.6) is 0 Å². The van der Waals surface area contributed by atoms with Crippen molar-refractivity contribution in [2.45, 2.75) is 39.0 Å². The van der Waals surface area contributed by atoms with E-state index in [1.165, 1.54) is 5.56 Å². The summed E-state index contributed by atoms with van der Waals surface area (Å²) in [5.74, 6) is 0.879. The first kappa shape index (κ1) is 15.4. The van der Waals surface area contributed by atoms with Crippen LogP contribution in [-0.4, -0.2) is 24.6 Å². The van der Waals surface area contributed by atoms with Crippen molar-refractivity contribution >= 4 is 23.2 Å². The van der Waals surface area contributed by atoms with Crippen molar-refractivity contribution in [3.63, 3.8) is 0 Å². The first-order valence-corrected chi connectivity index (χ1v) is 8.82. The van der Waals surface area contributed by atoms with E-state index in [-0.39, 0.29) is 23.7 Å². The number of benzene rings is 1. The van der Waals surface area contributed by atoms with Crippen molar-refractivity contribution in [2.24, 2.45) is 22.9 Å². The van der Waals surface area contributed by atoms with Crippen molar-refractivity contribution in [3.8, 4) is 0 Å². The molecule has 2 heterocycles. The van der Waals surface area contributed by atoms with Gasteiger partial charge in [-0.15, -0.1) is 0 Å². The highest BCUT2D eigenvalue weighted by Gasteiger charge is 2.39. The van der Waals surface area contributed by atoms with Crippen LogP contribution >= 0.6 is 0 Å². The predicted octanol–water partition coefficient (Wildman–Crippen LogP) is 2.48. The summed E-state index contributed by atoms with van der Waals surface area (Å²) in [5, 5.41) is 4.39. The molecule has 0 radical (unpaired) electrons. The van der Waals surface area contributed by atoms with Crippen molar-refractivity contribution in [1.29, 1.82) is 0 Å². The van der Waals surface area contributed by atoms with E-state index in [1.54, 1.807) is 4.90 Å². The van der Waals surface area contributed by atoms with Crippen LogP contribution in [0, 0.1) is 17.8 Å². The number of nitrogens with one attached hydrogen (secondary N) is 1. The molecule has 4 rings (SSSR count). The molecule has 5 heteroatoms. The summed E-state index contributed by atoms with van der Waals surface area (Å²) >= 11 is 0. The van der Waals surface area contributed by atoms with Crippen LogP contribution in [0.3, 0.4) is 0 Å². The van der Waals surface area contributed by atoms with Gasteiger partial charge in [0.1, 0.15) is 0 Å². The van der Waals surface area contributed by atoms with Gasteiger partial charge in [-0.3, -0.25) is 9.59 Å². The quantitative estimate of drug-likeness (QED) is 0.862. The van der Waals surface area contributed by atoms with E-state index in [9.17, 15) is 9.59 Å². The third-order valence-electron chi connectivity index (χ3n) is 5.69. The number of hydrogen-bond acceptors (Lipinski definition) is 3. The number of carbonyl (C=O) groups excluding carboxylic acids is 2. The van der Waals surface area contributed by atoms with Crippen molar-refractivity contribution in [2.75, 3.05) is 11.9 Å². The lowest BCUT2D eigenvalue weighted by molar-refractivity contribution is -0.126. The maximum absolute atomic E-state index is 12.2. The van der Waals surface area contributed by atoms with E-state index in [1.807, 2.05) is 19.2 Å². The Labute approximate surface area is 142 Å². The number of rotatable bonds is 1. The highest BCUT2D eigenvalue weighted by molar-refractivity contribution is 6.07. The molecule has 126 valence electrons. The summed E-state index contributed by atoms with van der Waals surface area (Å²) in [6.45, 7) is 2.12. The molecule has 3 atom stereocenters. The summed E-state index contributed by atoms with van der Waals surface area (Å²) < 4.78 is 0. The van der Waals surface area contributed by atoms with Gasteiger partial charge in [-0.2, -0.15) is 5.10 Å². The smallest absolute Gasteiger partial charge is 0.243 e. The summed E-state index contributed by atoms with van der Waals surface area (Å²) in [6.07, 6.45) is 4.55. The lowest BCUT2D eigenvalue weighted by atomic mass is 9.85. The molecule has 1 aromatic rings. The molecule has 2 aliphatic heterocycles. The van der Waals surface area contributed by atoms with Crippen molar-refractivity contribution in [3.05, 3.63) is 29.3 Å². The summed E-state index contributed by atoms with van der Waals surface area (Å²) in [5.41, 5.74) is 6.99. The minimum absolute atomic E-state index is 0.0648. The third-order valence-corrected chi connectivity index (χ3v) is 5.69. The van der Waals surface area contributed by atoms with Crippen molar-refractivity contribution in [1.82, 2.24) is 5.43 Å². The zero-order chi connectivity index (χ0) is 16.8. The highest BCUT2D eigenvalue weighted by atomic mass is 16.2. The molecule has 0 aromatic heterocycles. The SMILES string of the molecule is CC1CC(=O)N(C)c2ccc(C3=NNC(=O)C4CCCC34)cc2C1. The average Bonchev–Trinajstić information content (AvgIpc) is 3.01. The van der Waals surface area contributed by atoms with Crippen LogP contribution in [0.2, 0.25) is 0 Å². The molecule has 0 spiro atoms. The van der Waals surface area contributed by atoms with E-state index in [0.717, 1.165) is 42.6 Å². The van der Waals surface area contributed by atoms with Crippen LogP contribution in [0.15, 0.2) is 23.3 Å². The summed E-state index contributed by atoms with van der Waals surface area (Å²) in [6, 6.07) is 6.25. The van der Waals surface area contributed by atoms with Gasteiger partial charge in [-0.1, -0.05) is 19.4 Å². The minimum Gasteiger partial charge on any atom is -0.315 e. The molecule has 2 amide bonds. The summed E-state index contributed by atoms with van der Waals surface area (Å²) in [7, 11) is 1.85. The number of hydrogen-bond donors (Lipinski definition) is 1.